The van der Waals surface area contributed by atoms with E-state index in [2.05, 4.69) is 9.05 Å². The SMILES string of the molecule is O=C(CO)[C@@H](O)[C@H](O)[C@H](O)COP1(=O)OP(OP(=O)(OC[C@@H](O)[C@@H](O)[C@H](O)C(=O)CO)OP2OP(=O)(OC[C@@H](O)[C@@H](O)[C@H](O)C(=O)CO)O2)O1. The van der Waals surface area contributed by atoms with Gasteiger partial charge < -0.3 is 61.3 Å². The quantitative estimate of drug-likeness (QED) is 0.0383. The molecule has 9 atom stereocenters. The number of hydrogen-bond acceptors (Lipinski definition) is 27. The minimum absolute atomic E-state index is 1.13. The second-order valence-electron chi connectivity index (χ2n) is 9.55. The van der Waals surface area contributed by atoms with Crippen molar-refractivity contribution < 1.29 is 129 Å². The zero-order chi connectivity index (χ0) is 38.2. The molecule has 2 fully saturated rings. The number of Topliss-reactive ketones (excluding diaryl/α,β-unsaturated/α-hetero) is 3. The monoisotopic (exact) mass is 836 g/mol. The standard InChI is InChI=1S/C18H33O27P5/c19-1-7(22)13(28)16(31)10(25)4-37-48(34)40-46(41-48)44-50(36,39-6-12(27)18(33)15(30)9(24)3-21)45-47-42-49(35,43-47)38-5-11(26)17(32)14(29)8(23)2-20/h10-21,25-33H,1-6H2/t10-,11-,12-,13-,14-,15-,16-,17-,18-,46?,47?,48?,49?,50?/m1/s1. The van der Waals surface area contributed by atoms with Crippen molar-refractivity contribution in [2.75, 3.05) is 39.6 Å². The molecular weight excluding hydrogens is 803 g/mol. The van der Waals surface area contributed by atoms with Crippen molar-refractivity contribution in [1.29, 1.82) is 0 Å². The molecule has 2 aliphatic rings. The molecule has 12 N–H and O–H groups in total. The van der Waals surface area contributed by atoms with Crippen molar-refractivity contribution in [2.45, 2.75) is 54.9 Å². The first-order valence-corrected chi connectivity index (χ1v) is 19.8. The van der Waals surface area contributed by atoms with Crippen LogP contribution in [0.25, 0.3) is 0 Å². The van der Waals surface area contributed by atoms with E-state index in [-0.39, 0.29) is 0 Å². The molecule has 0 aromatic carbocycles. The number of aliphatic hydroxyl groups is 12. The van der Waals surface area contributed by atoms with E-state index < -0.39 is 153 Å². The summed E-state index contributed by atoms with van der Waals surface area (Å²) in [7, 11) is -20.9. The maximum atomic E-state index is 13.3. The predicted octanol–water partition coefficient (Wildman–Crippen LogP) is -5.13. The minimum Gasteiger partial charge on any atom is -0.388 e. The van der Waals surface area contributed by atoms with E-state index in [0.717, 1.165) is 0 Å². The molecule has 0 amide bonds. The average Bonchev–Trinajstić information content (AvgIpc) is 3.07. The summed E-state index contributed by atoms with van der Waals surface area (Å²) in [6.45, 7) is -7.25. The highest BCUT2D eigenvalue weighted by Gasteiger charge is 2.57. The van der Waals surface area contributed by atoms with Crippen LogP contribution in [0.3, 0.4) is 0 Å². The van der Waals surface area contributed by atoms with Crippen molar-refractivity contribution >= 4 is 58.0 Å². The van der Waals surface area contributed by atoms with Gasteiger partial charge in [-0.1, -0.05) is 0 Å². The molecule has 27 nitrogen and oxygen atoms in total. The third-order valence-corrected chi connectivity index (χ3v) is 15.2. The number of aliphatic hydroxyl groups excluding tert-OH is 12. The third kappa shape index (κ3) is 12.9. The van der Waals surface area contributed by atoms with Crippen molar-refractivity contribution in [2.24, 2.45) is 0 Å². The summed E-state index contributed by atoms with van der Waals surface area (Å²) < 4.78 is 80.5. The van der Waals surface area contributed by atoms with Gasteiger partial charge in [-0.2, -0.15) is 0 Å². The second-order valence-corrected chi connectivity index (χ2v) is 17.8. The Kier molecular flexibility index (Phi) is 18.2. The zero-order valence-electron chi connectivity index (χ0n) is 24.7. The Bertz CT molecular complexity index is 1210. The van der Waals surface area contributed by atoms with Gasteiger partial charge in [0.05, 0.1) is 19.8 Å². The van der Waals surface area contributed by atoms with E-state index in [0.29, 0.717) is 0 Å². The van der Waals surface area contributed by atoms with Gasteiger partial charge in [0.1, 0.15) is 74.8 Å². The van der Waals surface area contributed by atoms with Gasteiger partial charge >= 0.3 is 40.7 Å². The predicted molar refractivity (Wildman–Crippen MR) is 151 cm³/mol. The van der Waals surface area contributed by atoms with Gasteiger partial charge in [0, 0.05) is 0 Å². The molecule has 0 saturated carbocycles. The first kappa shape index (κ1) is 45.9. The highest BCUT2D eigenvalue weighted by molar-refractivity contribution is 7.78. The van der Waals surface area contributed by atoms with Gasteiger partial charge in [-0.3, -0.25) is 28.0 Å². The van der Waals surface area contributed by atoms with Crippen molar-refractivity contribution in [1.82, 2.24) is 0 Å². The molecule has 0 spiro atoms. The Morgan fingerprint density at radius 3 is 1.12 bits per heavy atom. The van der Waals surface area contributed by atoms with Gasteiger partial charge in [-0.25, -0.2) is 39.6 Å². The van der Waals surface area contributed by atoms with Crippen LogP contribution >= 0.6 is 40.7 Å². The normalized spacial score (nSPS) is 30.2. The fourth-order valence-corrected chi connectivity index (χ4v) is 11.1. The molecule has 2 heterocycles. The number of ketones is 3. The molecule has 0 aliphatic carbocycles. The van der Waals surface area contributed by atoms with Gasteiger partial charge in [-0.05, 0) is 0 Å². The van der Waals surface area contributed by atoms with Gasteiger partial charge in [-0.15, -0.1) is 0 Å². The summed E-state index contributed by atoms with van der Waals surface area (Å²) >= 11 is 0. The second kappa shape index (κ2) is 19.9. The summed E-state index contributed by atoms with van der Waals surface area (Å²) in [6.07, 6.45) is -20.3. The van der Waals surface area contributed by atoms with Crippen LogP contribution in [0, 0.1) is 0 Å². The van der Waals surface area contributed by atoms with Crippen molar-refractivity contribution in [3.05, 3.63) is 0 Å². The van der Waals surface area contributed by atoms with Gasteiger partial charge in [0.15, 0.2) is 17.3 Å². The lowest BCUT2D eigenvalue weighted by molar-refractivity contribution is -0.143. The summed E-state index contributed by atoms with van der Waals surface area (Å²) in [5.74, 6) is -3.92. The lowest BCUT2D eigenvalue weighted by atomic mass is 10.1. The summed E-state index contributed by atoms with van der Waals surface area (Å²) in [5, 5.41) is 114. The molecule has 2 saturated heterocycles. The van der Waals surface area contributed by atoms with E-state index in [1.54, 1.807) is 0 Å². The molecule has 32 heteroatoms. The first-order valence-electron chi connectivity index (χ1n) is 13.2. The van der Waals surface area contributed by atoms with Crippen LogP contribution in [0.5, 0.6) is 0 Å². The van der Waals surface area contributed by atoms with Crippen LogP contribution in [0.2, 0.25) is 0 Å². The number of hydrogen-bond donors (Lipinski definition) is 12. The molecule has 0 radical (unpaired) electrons. The van der Waals surface area contributed by atoms with Crippen molar-refractivity contribution in [3.8, 4) is 0 Å². The fraction of sp³-hybridized carbons (Fsp3) is 0.833. The van der Waals surface area contributed by atoms with Crippen molar-refractivity contribution in [3.63, 3.8) is 0 Å². The molecule has 0 bridgehead atoms. The van der Waals surface area contributed by atoms with E-state index in [9.17, 15) is 74.0 Å². The molecule has 50 heavy (non-hydrogen) atoms. The van der Waals surface area contributed by atoms with Crippen LogP contribution in [0.15, 0.2) is 0 Å². The first-order chi connectivity index (χ1) is 23.1. The fourth-order valence-electron chi connectivity index (χ4n) is 3.00. The Morgan fingerprint density at radius 2 is 0.840 bits per heavy atom. The molecule has 0 unspecified atom stereocenters. The highest BCUT2D eigenvalue weighted by Crippen LogP contribution is 2.86. The number of carbonyl (C=O) groups excluding carboxylic acids is 3. The Labute approximate surface area is 281 Å². The Balaban J connectivity index is 2.03. The topological polar surface area (TPSA) is 428 Å². The number of phosphoric acid groups is 3. The molecule has 292 valence electrons. The largest absolute Gasteiger partial charge is 0.488 e. The van der Waals surface area contributed by atoms with Crippen LogP contribution < -0.4 is 0 Å². The average molecular weight is 836 g/mol. The third-order valence-electron chi connectivity index (χ3n) is 5.82. The maximum Gasteiger partial charge on any atom is 0.488 e. The lowest BCUT2D eigenvalue weighted by Crippen LogP contribution is -2.45. The van der Waals surface area contributed by atoms with Crippen LogP contribution in [-0.2, 0) is 67.5 Å². The smallest absolute Gasteiger partial charge is 0.388 e. The number of carbonyl (C=O) groups is 3. The summed E-state index contributed by atoms with van der Waals surface area (Å²) in [4.78, 5) is 33.9. The van der Waals surface area contributed by atoms with E-state index in [1.807, 2.05) is 0 Å². The van der Waals surface area contributed by atoms with E-state index >= 15 is 0 Å². The van der Waals surface area contributed by atoms with E-state index in [4.69, 9.17) is 45.7 Å². The molecule has 2 aliphatic heterocycles. The molecular formula is C18H33O27P5. The molecule has 0 aromatic rings. The Hall–Kier alpha value is -0.280. The van der Waals surface area contributed by atoms with Crippen LogP contribution in [-0.4, -0.2) is 173 Å². The number of rotatable bonds is 25. The molecule has 0 aromatic heterocycles. The summed E-state index contributed by atoms with van der Waals surface area (Å²) in [5.41, 5.74) is 0. The van der Waals surface area contributed by atoms with Crippen LogP contribution in [0.1, 0.15) is 0 Å². The minimum atomic E-state index is -5.34. The maximum absolute atomic E-state index is 13.3. The van der Waals surface area contributed by atoms with Crippen LogP contribution in [0.4, 0.5) is 0 Å². The van der Waals surface area contributed by atoms with Gasteiger partial charge in [0.2, 0.25) is 0 Å². The highest BCUT2D eigenvalue weighted by atomic mass is 31.4. The molecule has 2 rings (SSSR count). The zero-order valence-corrected chi connectivity index (χ0v) is 29.1. The van der Waals surface area contributed by atoms with Gasteiger partial charge in [0.25, 0.3) is 0 Å². The van der Waals surface area contributed by atoms with E-state index in [1.165, 1.54) is 0 Å². The summed E-state index contributed by atoms with van der Waals surface area (Å²) in [6, 6.07) is 0. The lowest BCUT2D eigenvalue weighted by Gasteiger charge is -2.35. The Morgan fingerprint density at radius 1 is 0.560 bits per heavy atom.